The molecule has 0 amide bonds. The number of Topliss-reactive ketones (excluding diaryl/α,β-unsaturated/α-hetero) is 1. The van der Waals surface area contributed by atoms with Gasteiger partial charge in [-0.2, -0.15) is 13.2 Å². The molecule has 0 aromatic rings. The first-order chi connectivity index (χ1) is 6.71. The lowest BCUT2D eigenvalue weighted by molar-refractivity contribution is -0.192. The van der Waals surface area contributed by atoms with E-state index < -0.39 is 12.1 Å². The van der Waals surface area contributed by atoms with Gasteiger partial charge in [0.05, 0.1) is 0 Å². The molecule has 0 saturated heterocycles. The minimum absolute atomic E-state index is 0.318. The van der Waals surface area contributed by atoms with E-state index in [0.29, 0.717) is 5.78 Å². The van der Waals surface area contributed by atoms with Gasteiger partial charge < -0.3 is 9.90 Å². The van der Waals surface area contributed by atoms with Crippen LogP contribution in [0.15, 0.2) is 0 Å². The predicted molar refractivity (Wildman–Crippen MR) is 48.5 cm³/mol. The number of aliphatic carboxylic acids is 1. The Morgan fingerprint density at radius 3 is 1.80 bits per heavy atom. The molecule has 1 N–H and O–H groups in total. The maximum atomic E-state index is 10.6. The third-order valence-corrected chi connectivity index (χ3v) is 1.37. The summed E-state index contributed by atoms with van der Waals surface area (Å²) in [5.41, 5.74) is 0. The van der Waals surface area contributed by atoms with Gasteiger partial charge in [-0.25, -0.2) is 4.79 Å². The Labute approximate surface area is 86.3 Å². The van der Waals surface area contributed by atoms with Crippen LogP contribution in [-0.2, 0) is 9.59 Å². The fourth-order valence-electron chi connectivity index (χ4n) is 0.624. The minimum Gasteiger partial charge on any atom is -0.475 e. The number of hydrogen-bond donors (Lipinski definition) is 1. The van der Waals surface area contributed by atoms with Crippen molar-refractivity contribution in [1.82, 2.24) is 0 Å². The van der Waals surface area contributed by atoms with Gasteiger partial charge in [-0.1, -0.05) is 19.8 Å². The maximum Gasteiger partial charge on any atom is 0.490 e. The van der Waals surface area contributed by atoms with E-state index in [1.165, 1.54) is 12.8 Å². The second kappa shape index (κ2) is 8.26. The molecule has 0 atom stereocenters. The van der Waals surface area contributed by atoms with Crippen LogP contribution in [0, 0.1) is 0 Å². The molecule has 0 heterocycles. The lowest BCUT2D eigenvalue weighted by Crippen LogP contribution is -2.21. The summed E-state index contributed by atoms with van der Waals surface area (Å²) >= 11 is 0. The topological polar surface area (TPSA) is 54.4 Å². The molecule has 3 nitrogen and oxygen atoms in total. The number of hydrogen-bond acceptors (Lipinski definition) is 2. The SMILES string of the molecule is CCCCCC(C)=O.O=C(O)C(F)(F)F. The average Bonchev–Trinajstić information content (AvgIpc) is 2.03. The summed E-state index contributed by atoms with van der Waals surface area (Å²) in [5.74, 6) is -2.44. The predicted octanol–water partition coefficient (Wildman–Crippen LogP) is 2.79. The van der Waals surface area contributed by atoms with Crippen LogP contribution in [-0.4, -0.2) is 23.0 Å². The van der Waals surface area contributed by atoms with Crippen molar-refractivity contribution in [2.45, 2.75) is 45.7 Å². The van der Waals surface area contributed by atoms with E-state index in [9.17, 15) is 18.0 Å². The number of ketones is 1. The number of carboxylic acid groups (broad SMARTS) is 1. The van der Waals surface area contributed by atoms with Crippen molar-refractivity contribution in [2.75, 3.05) is 0 Å². The maximum absolute atomic E-state index is 10.6. The fraction of sp³-hybridized carbons (Fsp3) is 0.778. The monoisotopic (exact) mass is 228 g/mol. The molecule has 0 aliphatic rings. The van der Waals surface area contributed by atoms with Gasteiger partial charge in [0.1, 0.15) is 5.78 Å². The van der Waals surface area contributed by atoms with Gasteiger partial charge in [0, 0.05) is 6.42 Å². The number of alkyl halides is 3. The number of carbonyl (C=O) groups is 2. The first-order valence-electron chi connectivity index (χ1n) is 4.51. The number of carboxylic acids is 1. The first kappa shape index (κ1) is 16.4. The van der Waals surface area contributed by atoms with Gasteiger partial charge in [-0.05, 0) is 13.3 Å². The summed E-state index contributed by atoms with van der Waals surface area (Å²) < 4.78 is 31.7. The highest BCUT2D eigenvalue weighted by atomic mass is 19.4. The number of rotatable bonds is 4. The highest BCUT2D eigenvalue weighted by Gasteiger charge is 2.38. The zero-order valence-corrected chi connectivity index (χ0v) is 8.73. The largest absolute Gasteiger partial charge is 0.490 e. The lowest BCUT2D eigenvalue weighted by Gasteiger charge is -1.93. The van der Waals surface area contributed by atoms with E-state index in [1.807, 2.05) is 0 Å². The van der Waals surface area contributed by atoms with Crippen LogP contribution in [0.2, 0.25) is 0 Å². The molecular formula is C9H15F3O3. The zero-order chi connectivity index (χ0) is 12.5. The average molecular weight is 228 g/mol. The number of carbonyl (C=O) groups excluding carboxylic acids is 1. The normalized spacial score (nSPS) is 10.2. The van der Waals surface area contributed by atoms with Gasteiger partial charge in [-0.15, -0.1) is 0 Å². The highest BCUT2D eigenvalue weighted by Crippen LogP contribution is 2.13. The van der Waals surface area contributed by atoms with Crippen LogP contribution < -0.4 is 0 Å². The molecule has 6 heteroatoms. The number of halogens is 3. The van der Waals surface area contributed by atoms with E-state index >= 15 is 0 Å². The van der Waals surface area contributed by atoms with E-state index in [2.05, 4.69) is 6.92 Å². The van der Waals surface area contributed by atoms with E-state index in [1.54, 1.807) is 6.92 Å². The molecule has 0 aromatic heterocycles. The summed E-state index contributed by atoms with van der Waals surface area (Å²) in [6.07, 6.45) is -0.841. The molecule has 0 unspecified atom stereocenters. The third kappa shape index (κ3) is 15.7. The molecular weight excluding hydrogens is 213 g/mol. The number of unbranched alkanes of at least 4 members (excludes halogenated alkanes) is 2. The van der Waals surface area contributed by atoms with Crippen LogP contribution in [0.1, 0.15) is 39.5 Å². The summed E-state index contributed by atoms with van der Waals surface area (Å²) in [6, 6.07) is 0. The van der Waals surface area contributed by atoms with Gasteiger partial charge in [-0.3, -0.25) is 0 Å². The highest BCUT2D eigenvalue weighted by molar-refractivity contribution is 5.75. The Morgan fingerprint density at radius 2 is 1.60 bits per heavy atom. The van der Waals surface area contributed by atoms with E-state index in [-0.39, 0.29) is 0 Å². The second-order valence-electron chi connectivity index (χ2n) is 2.96. The quantitative estimate of drug-likeness (QED) is 0.753. The van der Waals surface area contributed by atoms with E-state index in [0.717, 1.165) is 12.8 Å². The van der Waals surface area contributed by atoms with Gasteiger partial charge in [0.25, 0.3) is 0 Å². The van der Waals surface area contributed by atoms with Gasteiger partial charge in [0.15, 0.2) is 0 Å². The summed E-state index contributed by atoms with van der Waals surface area (Å²) in [7, 11) is 0. The molecule has 0 radical (unpaired) electrons. The summed E-state index contributed by atoms with van der Waals surface area (Å²) in [4.78, 5) is 19.2. The molecule has 0 rings (SSSR count). The Bertz CT molecular complexity index is 199. The van der Waals surface area contributed by atoms with Crippen molar-refractivity contribution in [2.24, 2.45) is 0 Å². The molecule has 0 fully saturated rings. The Hall–Kier alpha value is -1.07. The Kier molecular flexibility index (Phi) is 9.01. The smallest absolute Gasteiger partial charge is 0.475 e. The molecule has 15 heavy (non-hydrogen) atoms. The van der Waals surface area contributed by atoms with Crippen molar-refractivity contribution >= 4 is 11.8 Å². The second-order valence-corrected chi connectivity index (χ2v) is 2.96. The molecule has 0 aliphatic heterocycles. The first-order valence-corrected chi connectivity index (χ1v) is 4.51. The molecule has 0 saturated carbocycles. The Balaban J connectivity index is 0. The molecule has 0 aromatic carbocycles. The van der Waals surface area contributed by atoms with Crippen molar-refractivity contribution in [3.63, 3.8) is 0 Å². The van der Waals surface area contributed by atoms with Crippen molar-refractivity contribution < 1.29 is 27.9 Å². The van der Waals surface area contributed by atoms with Crippen LogP contribution >= 0.6 is 0 Å². The van der Waals surface area contributed by atoms with Crippen LogP contribution in [0.25, 0.3) is 0 Å². The van der Waals surface area contributed by atoms with Gasteiger partial charge in [0.2, 0.25) is 0 Å². The van der Waals surface area contributed by atoms with Crippen molar-refractivity contribution in [1.29, 1.82) is 0 Å². The summed E-state index contributed by atoms with van der Waals surface area (Å²) in [6.45, 7) is 3.79. The third-order valence-electron chi connectivity index (χ3n) is 1.37. The van der Waals surface area contributed by atoms with Crippen LogP contribution in [0.5, 0.6) is 0 Å². The van der Waals surface area contributed by atoms with Crippen molar-refractivity contribution in [3.8, 4) is 0 Å². The van der Waals surface area contributed by atoms with E-state index in [4.69, 9.17) is 9.90 Å². The standard InChI is InChI=1S/C7H14O.C2HF3O2/c1-3-4-5-6-7(2)8;3-2(4,5)1(6)7/h3-6H2,1-2H3;(H,6,7). The molecule has 0 bridgehead atoms. The van der Waals surface area contributed by atoms with Gasteiger partial charge >= 0.3 is 12.1 Å². The fourth-order valence-corrected chi connectivity index (χ4v) is 0.624. The minimum atomic E-state index is -5.08. The zero-order valence-electron chi connectivity index (χ0n) is 8.73. The van der Waals surface area contributed by atoms with Crippen molar-refractivity contribution in [3.05, 3.63) is 0 Å². The molecule has 90 valence electrons. The summed E-state index contributed by atoms with van der Waals surface area (Å²) in [5, 5.41) is 7.12. The Morgan fingerprint density at radius 1 is 1.20 bits per heavy atom. The lowest BCUT2D eigenvalue weighted by atomic mass is 10.2. The van der Waals surface area contributed by atoms with Crippen LogP contribution in [0.3, 0.4) is 0 Å². The molecule has 0 spiro atoms. The van der Waals surface area contributed by atoms with Crippen LogP contribution in [0.4, 0.5) is 13.2 Å². The molecule has 0 aliphatic carbocycles.